The Kier molecular flexibility index (Phi) is 5.89. The zero-order valence-corrected chi connectivity index (χ0v) is 16.0. The molecule has 1 N–H and O–H groups in total. The third-order valence-corrected chi connectivity index (χ3v) is 4.58. The summed E-state index contributed by atoms with van der Waals surface area (Å²) < 4.78 is 5.70. The summed E-state index contributed by atoms with van der Waals surface area (Å²) in [5.41, 5.74) is 2.89. The van der Waals surface area contributed by atoms with Gasteiger partial charge in [-0.2, -0.15) is 0 Å². The molecular formula is C21H24N2O2S. The lowest BCUT2D eigenvalue weighted by molar-refractivity contribution is 0.0976. The number of ether oxygens (including phenoxy) is 1. The van der Waals surface area contributed by atoms with Gasteiger partial charge >= 0.3 is 0 Å². The Bertz CT molecular complexity index is 804. The Morgan fingerprint density at radius 1 is 1.23 bits per heavy atom. The molecular weight excluding hydrogens is 344 g/mol. The number of hydrogen-bond acceptors (Lipinski definition) is 3. The molecule has 0 unspecified atom stereocenters. The quantitative estimate of drug-likeness (QED) is 0.822. The molecule has 0 fully saturated rings. The van der Waals surface area contributed by atoms with E-state index in [0.717, 1.165) is 25.1 Å². The molecule has 0 bridgehead atoms. The first kappa shape index (κ1) is 18.4. The first-order valence-corrected chi connectivity index (χ1v) is 9.39. The first-order chi connectivity index (χ1) is 12.5. The molecule has 2 aromatic rings. The number of rotatable bonds is 4. The summed E-state index contributed by atoms with van der Waals surface area (Å²) in [5, 5.41) is 3.30. The zero-order chi connectivity index (χ0) is 18.5. The summed E-state index contributed by atoms with van der Waals surface area (Å²) in [6, 6.07) is 15.4. The normalized spacial score (nSPS) is 13.3. The average molecular weight is 369 g/mol. The van der Waals surface area contributed by atoms with Crippen LogP contribution in [0.1, 0.15) is 36.2 Å². The lowest BCUT2D eigenvalue weighted by Gasteiger charge is -2.31. The van der Waals surface area contributed by atoms with Crippen LogP contribution in [-0.2, 0) is 6.42 Å². The second-order valence-corrected chi connectivity index (χ2v) is 7.26. The number of carbonyl (C=O) groups is 1. The van der Waals surface area contributed by atoms with Crippen LogP contribution in [0, 0.1) is 5.92 Å². The van der Waals surface area contributed by atoms with E-state index in [1.165, 1.54) is 5.56 Å². The maximum absolute atomic E-state index is 12.6. The SMILES string of the molecule is CC(C)COc1cccc(C(=O)NC(=S)N2CCCc3ccccc32)c1. The minimum absolute atomic E-state index is 0.215. The van der Waals surface area contributed by atoms with Crippen molar-refractivity contribution in [3.8, 4) is 5.75 Å². The lowest BCUT2D eigenvalue weighted by atomic mass is 10.0. The van der Waals surface area contributed by atoms with Crippen molar-refractivity contribution in [1.82, 2.24) is 5.32 Å². The topological polar surface area (TPSA) is 41.6 Å². The van der Waals surface area contributed by atoms with Gasteiger partial charge in [-0.3, -0.25) is 10.1 Å². The van der Waals surface area contributed by atoms with Crippen molar-refractivity contribution in [3.63, 3.8) is 0 Å². The Morgan fingerprint density at radius 3 is 2.85 bits per heavy atom. The van der Waals surface area contributed by atoms with Crippen molar-refractivity contribution in [1.29, 1.82) is 0 Å². The van der Waals surface area contributed by atoms with Gasteiger partial charge in [-0.15, -0.1) is 0 Å². The van der Waals surface area contributed by atoms with E-state index < -0.39 is 0 Å². The number of fused-ring (bicyclic) bond motifs is 1. The second kappa shape index (κ2) is 8.32. The van der Waals surface area contributed by atoms with Crippen LogP contribution in [0.15, 0.2) is 48.5 Å². The van der Waals surface area contributed by atoms with Crippen molar-refractivity contribution in [2.24, 2.45) is 5.92 Å². The third kappa shape index (κ3) is 4.41. The van der Waals surface area contributed by atoms with Gasteiger partial charge in [-0.25, -0.2) is 0 Å². The van der Waals surface area contributed by atoms with Gasteiger partial charge in [0, 0.05) is 17.8 Å². The van der Waals surface area contributed by atoms with Crippen LogP contribution in [0.5, 0.6) is 5.75 Å². The van der Waals surface area contributed by atoms with E-state index in [0.29, 0.717) is 29.0 Å². The van der Waals surface area contributed by atoms with Gasteiger partial charge in [0.15, 0.2) is 5.11 Å². The highest BCUT2D eigenvalue weighted by molar-refractivity contribution is 7.80. The van der Waals surface area contributed by atoms with E-state index in [1.54, 1.807) is 12.1 Å². The molecule has 1 aliphatic rings. The number of aryl methyl sites for hydroxylation is 1. The molecule has 136 valence electrons. The van der Waals surface area contributed by atoms with Gasteiger partial charge in [-0.1, -0.05) is 38.1 Å². The zero-order valence-electron chi connectivity index (χ0n) is 15.2. The molecule has 4 nitrogen and oxygen atoms in total. The maximum Gasteiger partial charge on any atom is 0.257 e. The summed E-state index contributed by atoms with van der Waals surface area (Å²) >= 11 is 5.51. The Balaban J connectivity index is 1.69. The number of hydrogen-bond donors (Lipinski definition) is 1. The van der Waals surface area contributed by atoms with E-state index in [9.17, 15) is 4.79 Å². The lowest BCUT2D eigenvalue weighted by Crippen LogP contribution is -2.45. The highest BCUT2D eigenvalue weighted by atomic mass is 32.1. The number of benzene rings is 2. The molecule has 3 rings (SSSR count). The van der Waals surface area contributed by atoms with Gasteiger partial charge in [0.2, 0.25) is 0 Å². The number of nitrogens with zero attached hydrogens (tertiary/aromatic N) is 1. The van der Waals surface area contributed by atoms with E-state index in [4.69, 9.17) is 17.0 Å². The predicted octanol–water partition coefficient (Wildman–Crippen LogP) is 4.19. The molecule has 0 atom stereocenters. The monoisotopic (exact) mass is 368 g/mol. The molecule has 0 saturated heterocycles. The van der Waals surface area contributed by atoms with Crippen LogP contribution >= 0.6 is 12.2 Å². The van der Waals surface area contributed by atoms with Gasteiger partial charge in [0.05, 0.1) is 6.61 Å². The Labute approximate surface area is 160 Å². The second-order valence-electron chi connectivity index (χ2n) is 6.88. The van der Waals surface area contributed by atoms with Gasteiger partial charge in [0.25, 0.3) is 5.91 Å². The molecule has 0 aromatic heterocycles. The maximum atomic E-state index is 12.6. The molecule has 0 radical (unpaired) electrons. The number of anilines is 1. The highest BCUT2D eigenvalue weighted by Crippen LogP contribution is 2.26. The van der Waals surface area contributed by atoms with Crippen LogP contribution < -0.4 is 15.0 Å². The van der Waals surface area contributed by atoms with Gasteiger partial charge in [0.1, 0.15) is 5.75 Å². The van der Waals surface area contributed by atoms with Crippen LogP contribution in [0.25, 0.3) is 0 Å². The first-order valence-electron chi connectivity index (χ1n) is 8.98. The predicted molar refractivity (Wildman–Crippen MR) is 109 cm³/mol. The van der Waals surface area contributed by atoms with Crippen molar-refractivity contribution >= 4 is 28.9 Å². The van der Waals surface area contributed by atoms with Crippen molar-refractivity contribution in [2.45, 2.75) is 26.7 Å². The molecule has 2 aromatic carbocycles. The number of carbonyl (C=O) groups excluding carboxylic acids is 1. The fourth-order valence-corrected chi connectivity index (χ4v) is 3.25. The molecule has 5 heteroatoms. The van der Waals surface area contributed by atoms with E-state index in [1.807, 2.05) is 35.2 Å². The number of nitrogens with one attached hydrogen (secondary N) is 1. The molecule has 0 saturated carbocycles. The van der Waals surface area contributed by atoms with Crippen LogP contribution in [0.2, 0.25) is 0 Å². The van der Waals surface area contributed by atoms with Gasteiger partial charge < -0.3 is 9.64 Å². The largest absolute Gasteiger partial charge is 0.493 e. The highest BCUT2D eigenvalue weighted by Gasteiger charge is 2.21. The molecule has 1 heterocycles. The Morgan fingerprint density at radius 2 is 2.04 bits per heavy atom. The molecule has 1 aliphatic heterocycles. The average Bonchev–Trinajstić information content (AvgIpc) is 2.66. The van der Waals surface area contributed by atoms with Crippen LogP contribution in [0.4, 0.5) is 5.69 Å². The molecule has 26 heavy (non-hydrogen) atoms. The molecule has 1 amide bonds. The third-order valence-electron chi connectivity index (χ3n) is 4.26. The van der Waals surface area contributed by atoms with E-state index in [-0.39, 0.29) is 5.91 Å². The summed E-state index contributed by atoms with van der Waals surface area (Å²) in [6.07, 6.45) is 2.06. The minimum Gasteiger partial charge on any atom is -0.493 e. The van der Waals surface area contributed by atoms with Crippen molar-refractivity contribution in [2.75, 3.05) is 18.1 Å². The smallest absolute Gasteiger partial charge is 0.257 e. The van der Waals surface area contributed by atoms with Crippen molar-refractivity contribution in [3.05, 3.63) is 59.7 Å². The van der Waals surface area contributed by atoms with Crippen LogP contribution in [-0.4, -0.2) is 24.2 Å². The number of para-hydroxylation sites is 1. The van der Waals surface area contributed by atoms with Crippen molar-refractivity contribution < 1.29 is 9.53 Å². The fourth-order valence-electron chi connectivity index (χ4n) is 2.97. The number of amides is 1. The summed E-state index contributed by atoms with van der Waals surface area (Å²) in [4.78, 5) is 14.6. The minimum atomic E-state index is -0.215. The molecule has 0 aliphatic carbocycles. The summed E-state index contributed by atoms with van der Waals surface area (Å²) in [5.74, 6) is 0.910. The number of thiocarbonyl (C=S) groups is 1. The van der Waals surface area contributed by atoms with Crippen LogP contribution in [0.3, 0.4) is 0 Å². The molecule has 0 spiro atoms. The standard InChI is InChI=1S/C21H24N2O2S/c1-15(2)14-25-18-10-5-8-17(13-18)20(24)22-21(26)23-12-6-9-16-7-3-4-11-19(16)23/h3-5,7-8,10-11,13,15H,6,9,12,14H2,1-2H3,(H,22,24,26). The van der Waals surface area contributed by atoms with E-state index >= 15 is 0 Å². The Hall–Kier alpha value is -2.40. The summed E-state index contributed by atoms with van der Waals surface area (Å²) in [6.45, 7) is 5.61. The fraction of sp³-hybridized carbons (Fsp3) is 0.333. The van der Waals surface area contributed by atoms with Gasteiger partial charge in [-0.05, 0) is 60.8 Å². The summed E-state index contributed by atoms with van der Waals surface area (Å²) in [7, 11) is 0. The van der Waals surface area contributed by atoms with E-state index in [2.05, 4.69) is 25.2 Å².